The van der Waals surface area contributed by atoms with E-state index in [1.54, 1.807) is 0 Å². The Bertz CT molecular complexity index is 873. The zero-order valence-electron chi connectivity index (χ0n) is 15.2. The highest BCUT2D eigenvalue weighted by Gasteiger charge is 2.38. The SMILES string of the molecule is CCC1C(Nc2ccc3[nH]ncc3c2)C(C)CN1Cc1ccc(Cl)cc1. The van der Waals surface area contributed by atoms with Crippen molar-refractivity contribution in [3.05, 3.63) is 59.2 Å². The van der Waals surface area contributed by atoms with Gasteiger partial charge in [0, 0.05) is 41.3 Å². The Morgan fingerprint density at radius 3 is 2.81 bits per heavy atom. The summed E-state index contributed by atoms with van der Waals surface area (Å²) in [5.74, 6) is 0.590. The molecule has 2 N–H and O–H groups in total. The van der Waals surface area contributed by atoms with Crippen LogP contribution in [0.25, 0.3) is 10.9 Å². The van der Waals surface area contributed by atoms with Crippen LogP contribution in [0.15, 0.2) is 48.7 Å². The van der Waals surface area contributed by atoms with E-state index in [0.717, 1.165) is 35.4 Å². The average Bonchev–Trinajstić information content (AvgIpc) is 3.21. The monoisotopic (exact) mass is 368 g/mol. The Hall–Kier alpha value is -2.04. The first kappa shape index (κ1) is 17.4. The van der Waals surface area contributed by atoms with Crippen LogP contribution in [0.3, 0.4) is 0 Å². The van der Waals surface area contributed by atoms with E-state index in [9.17, 15) is 0 Å². The van der Waals surface area contributed by atoms with Gasteiger partial charge in [0.05, 0.1) is 11.7 Å². The third kappa shape index (κ3) is 3.44. The number of aromatic nitrogens is 2. The number of hydrogen-bond acceptors (Lipinski definition) is 3. The normalized spacial score (nSPS) is 23.6. The number of aromatic amines is 1. The highest BCUT2D eigenvalue weighted by Crippen LogP contribution is 2.31. The molecule has 5 heteroatoms. The molecule has 1 saturated heterocycles. The van der Waals surface area contributed by atoms with E-state index in [1.165, 1.54) is 11.3 Å². The number of nitrogens with zero attached hydrogens (tertiary/aromatic N) is 2. The van der Waals surface area contributed by atoms with Crippen molar-refractivity contribution in [2.75, 3.05) is 11.9 Å². The van der Waals surface area contributed by atoms with Gasteiger partial charge in [-0.3, -0.25) is 10.00 Å². The third-order valence-electron chi connectivity index (χ3n) is 5.51. The summed E-state index contributed by atoms with van der Waals surface area (Å²) in [7, 11) is 0. The summed E-state index contributed by atoms with van der Waals surface area (Å²) in [6.07, 6.45) is 3.01. The average molecular weight is 369 g/mol. The lowest BCUT2D eigenvalue weighted by Crippen LogP contribution is -2.38. The van der Waals surface area contributed by atoms with Crippen LogP contribution in [0, 0.1) is 5.92 Å². The lowest BCUT2D eigenvalue weighted by atomic mass is 9.98. The molecule has 0 radical (unpaired) electrons. The lowest BCUT2D eigenvalue weighted by Gasteiger charge is -2.29. The minimum absolute atomic E-state index is 0.441. The van der Waals surface area contributed by atoms with Gasteiger partial charge in [-0.25, -0.2) is 0 Å². The molecule has 0 spiro atoms. The van der Waals surface area contributed by atoms with Crippen LogP contribution in [0.2, 0.25) is 5.02 Å². The molecule has 1 fully saturated rings. The van der Waals surface area contributed by atoms with E-state index in [2.05, 4.69) is 64.6 Å². The first-order valence-corrected chi connectivity index (χ1v) is 9.70. The summed E-state index contributed by atoms with van der Waals surface area (Å²) in [6, 6.07) is 15.6. The number of halogens is 1. The predicted molar refractivity (Wildman–Crippen MR) is 109 cm³/mol. The third-order valence-corrected chi connectivity index (χ3v) is 5.76. The second-order valence-electron chi connectivity index (χ2n) is 7.35. The number of anilines is 1. The quantitative estimate of drug-likeness (QED) is 0.671. The number of H-pyrrole nitrogens is 1. The molecule has 26 heavy (non-hydrogen) atoms. The van der Waals surface area contributed by atoms with E-state index in [1.807, 2.05) is 18.3 Å². The highest BCUT2D eigenvalue weighted by molar-refractivity contribution is 6.30. The van der Waals surface area contributed by atoms with Crippen molar-refractivity contribution in [3.63, 3.8) is 0 Å². The van der Waals surface area contributed by atoms with Crippen LogP contribution in [-0.2, 0) is 6.54 Å². The molecule has 1 aromatic heterocycles. The van der Waals surface area contributed by atoms with E-state index in [0.29, 0.717) is 18.0 Å². The number of nitrogens with one attached hydrogen (secondary N) is 2. The lowest BCUT2D eigenvalue weighted by molar-refractivity contribution is 0.233. The van der Waals surface area contributed by atoms with Gasteiger partial charge in [-0.1, -0.05) is 37.6 Å². The Balaban J connectivity index is 1.50. The van der Waals surface area contributed by atoms with Crippen LogP contribution in [0.1, 0.15) is 25.8 Å². The Kier molecular flexibility index (Phi) is 4.88. The van der Waals surface area contributed by atoms with E-state index in [4.69, 9.17) is 11.6 Å². The van der Waals surface area contributed by atoms with Gasteiger partial charge in [-0.2, -0.15) is 5.10 Å². The van der Waals surface area contributed by atoms with Gasteiger partial charge in [0.25, 0.3) is 0 Å². The largest absolute Gasteiger partial charge is 0.380 e. The molecule has 3 atom stereocenters. The van der Waals surface area contributed by atoms with Crippen molar-refractivity contribution < 1.29 is 0 Å². The smallest absolute Gasteiger partial charge is 0.0651 e. The zero-order chi connectivity index (χ0) is 18.1. The number of rotatable bonds is 5. The van der Waals surface area contributed by atoms with Gasteiger partial charge in [0.2, 0.25) is 0 Å². The highest BCUT2D eigenvalue weighted by atomic mass is 35.5. The molecule has 0 bridgehead atoms. The molecule has 3 unspecified atom stereocenters. The summed E-state index contributed by atoms with van der Waals surface area (Å²) < 4.78 is 0. The maximum Gasteiger partial charge on any atom is 0.0651 e. The molecule has 3 aromatic rings. The summed E-state index contributed by atoms with van der Waals surface area (Å²) >= 11 is 6.02. The molecular formula is C21H25ClN4. The van der Waals surface area contributed by atoms with E-state index < -0.39 is 0 Å². The summed E-state index contributed by atoms with van der Waals surface area (Å²) in [6.45, 7) is 6.70. The molecule has 4 rings (SSSR count). The standard InChI is InChI=1S/C21H25ClN4/c1-3-20-21(24-18-8-9-19-16(10-18)11-23-25-19)14(2)12-26(20)13-15-4-6-17(22)7-5-15/h4-11,14,20-21,24H,3,12-13H2,1-2H3,(H,23,25). The summed E-state index contributed by atoms with van der Waals surface area (Å²) in [5, 5.41) is 12.9. The van der Waals surface area contributed by atoms with Gasteiger partial charge in [-0.05, 0) is 48.2 Å². The zero-order valence-corrected chi connectivity index (χ0v) is 16.0. The molecule has 1 aliphatic heterocycles. The summed E-state index contributed by atoms with van der Waals surface area (Å²) in [5.41, 5.74) is 3.56. The molecule has 4 nitrogen and oxygen atoms in total. The topological polar surface area (TPSA) is 44.0 Å². The van der Waals surface area contributed by atoms with Gasteiger partial charge >= 0.3 is 0 Å². The second-order valence-corrected chi connectivity index (χ2v) is 7.79. The Labute approximate surface area is 159 Å². The molecule has 136 valence electrons. The van der Waals surface area contributed by atoms with Crippen molar-refractivity contribution >= 4 is 28.2 Å². The molecule has 2 heterocycles. The first-order valence-electron chi connectivity index (χ1n) is 9.32. The molecule has 0 aliphatic carbocycles. The van der Waals surface area contributed by atoms with Crippen molar-refractivity contribution in [1.29, 1.82) is 0 Å². The number of fused-ring (bicyclic) bond motifs is 1. The van der Waals surface area contributed by atoms with Crippen molar-refractivity contribution in [2.45, 2.75) is 38.9 Å². The van der Waals surface area contributed by atoms with Gasteiger partial charge in [-0.15, -0.1) is 0 Å². The minimum Gasteiger partial charge on any atom is -0.380 e. The van der Waals surface area contributed by atoms with Crippen molar-refractivity contribution in [3.8, 4) is 0 Å². The minimum atomic E-state index is 0.441. The van der Waals surface area contributed by atoms with Crippen LogP contribution in [0.5, 0.6) is 0 Å². The number of likely N-dealkylation sites (tertiary alicyclic amines) is 1. The van der Waals surface area contributed by atoms with Gasteiger partial charge in [0.15, 0.2) is 0 Å². The maximum absolute atomic E-state index is 6.02. The van der Waals surface area contributed by atoms with Crippen LogP contribution >= 0.6 is 11.6 Å². The van der Waals surface area contributed by atoms with Crippen LogP contribution in [-0.4, -0.2) is 33.7 Å². The fourth-order valence-corrected chi connectivity index (χ4v) is 4.33. The van der Waals surface area contributed by atoms with E-state index >= 15 is 0 Å². The molecule has 2 aromatic carbocycles. The van der Waals surface area contributed by atoms with Crippen molar-refractivity contribution in [1.82, 2.24) is 15.1 Å². The second kappa shape index (κ2) is 7.29. The molecular weight excluding hydrogens is 344 g/mol. The van der Waals surface area contributed by atoms with Crippen LogP contribution in [0.4, 0.5) is 5.69 Å². The van der Waals surface area contributed by atoms with E-state index in [-0.39, 0.29) is 0 Å². The number of hydrogen-bond donors (Lipinski definition) is 2. The van der Waals surface area contributed by atoms with Gasteiger partial charge in [0.1, 0.15) is 0 Å². The maximum atomic E-state index is 6.02. The first-order chi connectivity index (χ1) is 12.6. The molecule has 0 amide bonds. The predicted octanol–water partition coefficient (Wildman–Crippen LogP) is 4.93. The Morgan fingerprint density at radius 2 is 2.04 bits per heavy atom. The summed E-state index contributed by atoms with van der Waals surface area (Å²) in [4.78, 5) is 2.60. The van der Waals surface area contributed by atoms with Gasteiger partial charge < -0.3 is 5.32 Å². The fourth-order valence-electron chi connectivity index (χ4n) is 4.21. The van der Waals surface area contributed by atoms with Crippen molar-refractivity contribution in [2.24, 2.45) is 5.92 Å². The molecule has 0 saturated carbocycles. The number of benzene rings is 2. The molecule has 1 aliphatic rings. The fraction of sp³-hybridized carbons (Fsp3) is 0.381. The van der Waals surface area contributed by atoms with Crippen LogP contribution < -0.4 is 5.32 Å². The Morgan fingerprint density at radius 1 is 1.23 bits per heavy atom.